The highest BCUT2D eigenvalue weighted by Crippen LogP contribution is 2.35. The number of ether oxygens (including phenoxy) is 3. The van der Waals surface area contributed by atoms with Crippen LogP contribution in [0.25, 0.3) is 11.5 Å². The Morgan fingerprint density at radius 1 is 1.02 bits per heavy atom. The first-order valence-electron chi connectivity index (χ1n) is 16.3. The number of anilines is 1. The van der Waals surface area contributed by atoms with Crippen molar-refractivity contribution in [3.63, 3.8) is 0 Å². The van der Waals surface area contributed by atoms with Gasteiger partial charge in [0.1, 0.15) is 35.1 Å². The van der Waals surface area contributed by atoms with E-state index >= 15 is 0 Å². The Hall–Kier alpha value is -4.04. The van der Waals surface area contributed by atoms with Crippen molar-refractivity contribution in [3.8, 4) is 11.5 Å². The summed E-state index contributed by atoms with van der Waals surface area (Å²) >= 11 is 0. The van der Waals surface area contributed by atoms with E-state index in [0.717, 1.165) is 43.8 Å². The summed E-state index contributed by atoms with van der Waals surface area (Å²) in [5.41, 5.74) is 1.09. The van der Waals surface area contributed by atoms with E-state index in [4.69, 9.17) is 24.2 Å². The van der Waals surface area contributed by atoms with Gasteiger partial charge in [0.2, 0.25) is 5.91 Å². The zero-order valence-electron chi connectivity index (χ0n) is 27.8. The molecule has 2 aromatic rings. The van der Waals surface area contributed by atoms with E-state index in [1.807, 2.05) is 50.5 Å². The highest BCUT2D eigenvalue weighted by atomic mass is 16.6. The van der Waals surface area contributed by atoms with E-state index in [9.17, 15) is 9.59 Å². The molecular formula is C32H49N9O5. The zero-order valence-corrected chi connectivity index (χ0v) is 27.8. The van der Waals surface area contributed by atoms with Crippen molar-refractivity contribution >= 4 is 23.7 Å². The van der Waals surface area contributed by atoms with Crippen LogP contribution in [-0.4, -0.2) is 95.8 Å². The highest BCUT2D eigenvalue weighted by molar-refractivity contribution is 6.03. The molecule has 0 saturated carbocycles. The molecular weight excluding hydrogens is 590 g/mol. The first-order chi connectivity index (χ1) is 22.2. The molecule has 2 aliphatic rings. The van der Waals surface area contributed by atoms with Crippen LogP contribution in [0.3, 0.4) is 0 Å². The molecule has 14 nitrogen and oxygen atoms in total. The van der Waals surface area contributed by atoms with Crippen LogP contribution in [0, 0.1) is 5.92 Å². The summed E-state index contributed by atoms with van der Waals surface area (Å²) in [7, 11) is 0. The monoisotopic (exact) mass is 639 g/mol. The molecule has 0 aromatic carbocycles. The number of pyridine rings is 1. The van der Waals surface area contributed by atoms with Gasteiger partial charge >= 0.3 is 6.09 Å². The number of rotatable bonds is 17. The Morgan fingerprint density at radius 3 is 2.54 bits per heavy atom. The SMILES string of the molecule is CCCCCNC1=NC(NCCOCCOCCNC(=O)OC(C)(C)C)=C2CN(c3cccc(-c4nncn4CC)n3)C(=O)C2C1. The maximum Gasteiger partial charge on any atom is 0.407 e. The minimum Gasteiger partial charge on any atom is -0.444 e. The molecule has 2 aromatic heterocycles. The second-order valence-corrected chi connectivity index (χ2v) is 12.1. The summed E-state index contributed by atoms with van der Waals surface area (Å²) in [6, 6.07) is 5.63. The van der Waals surface area contributed by atoms with E-state index in [2.05, 4.69) is 33.1 Å². The maximum atomic E-state index is 13.8. The number of hydrogen-bond donors (Lipinski definition) is 3. The van der Waals surface area contributed by atoms with Crippen molar-refractivity contribution in [3.05, 3.63) is 35.9 Å². The van der Waals surface area contributed by atoms with Crippen molar-refractivity contribution < 1.29 is 23.8 Å². The fourth-order valence-corrected chi connectivity index (χ4v) is 5.14. The molecule has 2 amide bonds. The molecule has 3 N–H and O–H groups in total. The molecule has 0 aliphatic carbocycles. The second kappa shape index (κ2) is 17.0. The van der Waals surface area contributed by atoms with E-state index < -0.39 is 11.7 Å². The smallest absolute Gasteiger partial charge is 0.407 e. The molecule has 2 aliphatic heterocycles. The van der Waals surface area contributed by atoms with E-state index in [-0.39, 0.29) is 11.8 Å². The van der Waals surface area contributed by atoms with Crippen molar-refractivity contribution in [1.29, 1.82) is 0 Å². The van der Waals surface area contributed by atoms with Gasteiger partial charge in [-0.1, -0.05) is 25.8 Å². The van der Waals surface area contributed by atoms with Crippen LogP contribution in [-0.2, 0) is 25.5 Å². The molecule has 1 unspecified atom stereocenters. The number of alkyl carbamates (subject to hydrolysis) is 1. The number of aliphatic imine (C=N–C) groups is 1. The number of nitrogens with zero attached hydrogens (tertiary/aromatic N) is 6. The third kappa shape index (κ3) is 9.98. The Balaban J connectivity index is 1.31. The van der Waals surface area contributed by atoms with Crippen LogP contribution in [0.5, 0.6) is 0 Å². The van der Waals surface area contributed by atoms with E-state index in [1.54, 1.807) is 11.2 Å². The van der Waals surface area contributed by atoms with Crippen molar-refractivity contribution in [2.24, 2.45) is 10.9 Å². The number of hydrogen-bond acceptors (Lipinski definition) is 11. The Morgan fingerprint density at radius 2 is 1.80 bits per heavy atom. The Labute approximate surface area is 271 Å². The largest absolute Gasteiger partial charge is 0.444 e. The van der Waals surface area contributed by atoms with Crippen molar-refractivity contribution in [1.82, 2.24) is 35.7 Å². The fraction of sp³-hybridized carbons (Fsp3) is 0.625. The molecule has 1 saturated heterocycles. The topological polar surface area (TPSA) is 157 Å². The van der Waals surface area contributed by atoms with Gasteiger partial charge < -0.3 is 34.7 Å². The number of aryl methyl sites for hydroxylation is 1. The van der Waals surface area contributed by atoms with Gasteiger partial charge in [-0.25, -0.2) is 14.8 Å². The molecule has 4 rings (SSSR count). The first-order valence-corrected chi connectivity index (χ1v) is 16.3. The average Bonchev–Trinajstić information content (AvgIpc) is 3.64. The second-order valence-electron chi connectivity index (χ2n) is 12.1. The van der Waals surface area contributed by atoms with Crippen LogP contribution in [0.1, 0.15) is 60.3 Å². The van der Waals surface area contributed by atoms with Crippen LogP contribution in [0.15, 0.2) is 40.9 Å². The third-order valence-corrected chi connectivity index (χ3v) is 7.39. The number of aromatic nitrogens is 4. The van der Waals surface area contributed by atoms with Gasteiger partial charge in [-0.2, -0.15) is 0 Å². The van der Waals surface area contributed by atoms with Gasteiger partial charge in [0.15, 0.2) is 5.82 Å². The summed E-state index contributed by atoms with van der Waals surface area (Å²) < 4.78 is 18.4. The van der Waals surface area contributed by atoms with Gasteiger partial charge in [-0.05, 0) is 46.2 Å². The zero-order chi connectivity index (χ0) is 32.9. The highest BCUT2D eigenvalue weighted by Gasteiger charge is 2.42. The Kier molecular flexibility index (Phi) is 12.9. The Bertz CT molecular complexity index is 1370. The van der Waals surface area contributed by atoms with Crippen LogP contribution in [0.4, 0.5) is 10.6 Å². The summed E-state index contributed by atoms with van der Waals surface area (Å²) in [4.78, 5) is 36.9. The minimum atomic E-state index is -0.534. The minimum absolute atomic E-state index is 0.00761. The van der Waals surface area contributed by atoms with Gasteiger partial charge in [-0.3, -0.25) is 9.69 Å². The molecule has 46 heavy (non-hydrogen) atoms. The predicted molar refractivity (Wildman–Crippen MR) is 175 cm³/mol. The van der Waals surface area contributed by atoms with Crippen LogP contribution < -0.4 is 20.9 Å². The van der Waals surface area contributed by atoms with Gasteiger partial charge in [0.25, 0.3) is 0 Å². The molecule has 4 heterocycles. The summed E-state index contributed by atoms with van der Waals surface area (Å²) in [5.74, 6) is 2.46. The lowest BCUT2D eigenvalue weighted by molar-refractivity contribution is -0.119. The lowest BCUT2D eigenvalue weighted by Gasteiger charge is -2.22. The number of carbonyl (C=O) groups excluding carboxylic acids is 2. The maximum absolute atomic E-state index is 13.8. The number of nitrogens with one attached hydrogen (secondary N) is 3. The normalized spacial score (nSPS) is 16.4. The standard InChI is InChI=1S/C32H49N9O5/c1-6-8-9-13-33-26-20-23-24(21-41(30(23)42)27-12-10-11-25(37-27)29-39-36-22-40(29)7-2)28(38-26)34-14-16-44-18-19-45-17-15-35-31(43)46-32(3,4)5/h10-12,22-23,34H,6-9,13-21H2,1-5H3,(H,33,38)(H,35,43). The molecule has 0 spiro atoms. The lowest BCUT2D eigenvalue weighted by Crippen LogP contribution is -2.35. The number of fused-ring (bicyclic) bond motifs is 1. The summed E-state index contributed by atoms with van der Waals surface area (Å²) in [6.07, 6.45) is 5.06. The number of amidine groups is 1. The number of amides is 2. The molecule has 0 radical (unpaired) electrons. The van der Waals surface area contributed by atoms with Crippen LogP contribution >= 0.6 is 0 Å². The molecule has 0 bridgehead atoms. The van der Waals surface area contributed by atoms with Crippen LogP contribution in [0.2, 0.25) is 0 Å². The quantitative estimate of drug-likeness (QED) is 0.220. The molecule has 252 valence electrons. The summed E-state index contributed by atoms with van der Waals surface area (Å²) in [5, 5.41) is 17.8. The fourth-order valence-electron chi connectivity index (χ4n) is 5.14. The van der Waals surface area contributed by atoms with E-state index in [1.165, 1.54) is 0 Å². The van der Waals surface area contributed by atoms with Gasteiger partial charge in [0, 0.05) is 38.2 Å². The van der Waals surface area contributed by atoms with Gasteiger partial charge in [0.05, 0.1) is 38.9 Å². The third-order valence-electron chi connectivity index (χ3n) is 7.39. The average molecular weight is 640 g/mol. The number of unbranched alkanes of at least 4 members (excludes halogenated alkanes) is 2. The number of carbonyl (C=O) groups is 2. The molecule has 1 atom stereocenters. The molecule has 1 fully saturated rings. The van der Waals surface area contributed by atoms with Crippen molar-refractivity contribution in [2.75, 3.05) is 57.5 Å². The molecule has 14 heteroatoms. The summed E-state index contributed by atoms with van der Waals surface area (Å²) in [6.45, 7) is 14.1. The van der Waals surface area contributed by atoms with Gasteiger partial charge in [-0.15, -0.1) is 10.2 Å². The predicted octanol–water partition coefficient (Wildman–Crippen LogP) is 3.26. The first kappa shape index (κ1) is 34.8. The lowest BCUT2D eigenvalue weighted by atomic mass is 9.95. The van der Waals surface area contributed by atoms with Crippen molar-refractivity contribution in [2.45, 2.75) is 72.4 Å². The van der Waals surface area contributed by atoms with E-state index in [0.29, 0.717) is 75.6 Å².